The van der Waals surface area contributed by atoms with Gasteiger partial charge in [0, 0.05) is 24.9 Å². The summed E-state index contributed by atoms with van der Waals surface area (Å²) in [5.41, 5.74) is 6.01. The number of hydrogen-bond donors (Lipinski definition) is 2. The van der Waals surface area contributed by atoms with E-state index in [-0.39, 0.29) is 24.2 Å². The Balaban J connectivity index is 0.00000180. The highest BCUT2D eigenvalue weighted by Gasteiger charge is 2.12. The number of hydrogen-bond acceptors (Lipinski definition) is 5. The van der Waals surface area contributed by atoms with Crippen LogP contribution in [0, 0.1) is 5.92 Å². The maximum Gasteiger partial charge on any atom is 0.250 e. The van der Waals surface area contributed by atoms with Gasteiger partial charge in [-0.2, -0.15) is 5.10 Å². The summed E-state index contributed by atoms with van der Waals surface area (Å²) < 4.78 is 1.49. The Hall–Kier alpha value is -1.99. The molecule has 0 fully saturated rings. The van der Waals surface area contributed by atoms with E-state index in [1.54, 1.807) is 31.6 Å². The van der Waals surface area contributed by atoms with E-state index in [4.69, 9.17) is 5.73 Å². The number of carbonyl (C=O) groups excluding carboxylic acids is 1. The highest BCUT2D eigenvalue weighted by Crippen LogP contribution is 2.09. The first kappa shape index (κ1) is 15.1. The standard InChI is InChI=1S/C11H14N6O.ClH/c1-8(5-12)10(18)16-9-6-15-17(7-9)11-13-3-2-4-14-11;/h2-4,6-8H,5,12H2,1H3,(H,16,18);1H. The molecule has 2 rings (SSSR count). The van der Waals surface area contributed by atoms with Gasteiger partial charge in [-0.1, -0.05) is 6.92 Å². The molecular formula is C11H15ClN6O. The average molecular weight is 283 g/mol. The van der Waals surface area contributed by atoms with Crippen LogP contribution in [0.5, 0.6) is 0 Å². The summed E-state index contributed by atoms with van der Waals surface area (Å²) in [7, 11) is 0. The predicted molar refractivity (Wildman–Crippen MR) is 73.3 cm³/mol. The van der Waals surface area contributed by atoms with Crippen LogP contribution in [0.4, 0.5) is 5.69 Å². The molecule has 19 heavy (non-hydrogen) atoms. The molecule has 102 valence electrons. The number of halogens is 1. The van der Waals surface area contributed by atoms with E-state index in [1.807, 2.05) is 0 Å². The molecule has 0 aromatic carbocycles. The number of aromatic nitrogens is 4. The van der Waals surface area contributed by atoms with Gasteiger partial charge >= 0.3 is 0 Å². The van der Waals surface area contributed by atoms with E-state index < -0.39 is 0 Å². The largest absolute Gasteiger partial charge is 0.330 e. The summed E-state index contributed by atoms with van der Waals surface area (Å²) >= 11 is 0. The number of anilines is 1. The van der Waals surface area contributed by atoms with Crippen molar-refractivity contribution in [1.82, 2.24) is 19.7 Å². The molecule has 1 atom stereocenters. The first-order chi connectivity index (χ1) is 8.70. The normalized spacial score (nSPS) is 11.5. The topological polar surface area (TPSA) is 98.7 Å². The SMILES string of the molecule is CC(CN)C(=O)Nc1cnn(-c2ncccn2)c1.Cl. The highest BCUT2D eigenvalue weighted by atomic mass is 35.5. The van der Waals surface area contributed by atoms with Crippen molar-refractivity contribution in [3.8, 4) is 5.95 Å². The summed E-state index contributed by atoms with van der Waals surface area (Å²) in [6.45, 7) is 2.07. The van der Waals surface area contributed by atoms with E-state index in [9.17, 15) is 4.79 Å². The lowest BCUT2D eigenvalue weighted by atomic mass is 10.2. The molecule has 8 heteroatoms. The summed E-state index contributed by atoms with van der Waals surface area (Å²) in [4.78, 5) is 19.7. The number of nitrogens with one attached hydrogen (secondary N) is 1. The maximum absolute atomic E-state index is 11.6. The molecule has 1 unspecified atom stereocenters. The summed E-state index contributed by atoms with van der Waals surface area (Å²) in [6.07, 6.45) is 6.44. The van der Waals surface area contributed by atoms with E-state index >= 15 is 0 Å². The number of nitrogens with zero attached hydrogens (tertiary/aromatic N) is 4. The van der Waals surface area contributed by atoms with Crippen molar-refractivity contribution >= 4 is 24.0 Å². The maximum atomic E-state index is 11.6. The second-order valence-electron chi connectivity index (χ2n) is 3.85. The van der Waals surface area contributed by atoms with Gasteiger partial charge in [-0.3, -0.25) is 4.79 Å². The third kappa shape index (κ3) is 3.73. The van der Waals surface area contributed by atoms with E-state index in [2.05, 4.69) is 20.4 Å². The van der Waals surface area contributed by atoms with Crippen molar-refractivity contribution in [3.05, 3.63) is 30.9 Å². The zero-order chi connectivity index (χ0) is 13.0. The fraction of sp³-hybridized carbons (Fsp3) is 0.273. The smallest absolute Gasteiger partial charge is 0.250 e. The molecule has 2 heterocycles. The van der Waals surface area contributed by atoms with Crippen molar-refractivity contribution in [2.45, 2.75) is 6.92 Å². The van der Waals surface area contributed by atoms with E-state index in [0.29, 0.717) is 18.2 Å². The van der Waals surface area contributed by atoms with Crippen LogP contribution in [0.25, 0.3) is 5.95 Å². The van der Waals surface area contributed by atoms with Crippen molar-refractivity contribution in [3.63, 3.8) is 0 Å². The Morgan fingerprint density at radius 2 is 2.16 bits per heavy atom. The van der Waals surface area contributed by atoms with Gasteiger partial charge in [-0.25, -0.2) is 14.6 Å². The Labute approximate surface area is 116 Å². The van der Waals surface area contributed by atoms with E-state index in [0.717, 1.165) is 0 Å². The van der Waals surface area contributed by atoms with Gasteiger partial charge in [0.1, 0.15) is 0 Å². The quantitative estimate of drug-likeness (QED) is 0.856. The number of carbonyl (C=O) groups is 1. The van der Waals surface area contributed by atoms with Crippen LogP contribution < -0.4 is 11.1 Å². The van der Waals surface area contributed by atoms with E-state index in [1.165, 1.54) is 10.9 Å². The highest BCUT2D eigenvalue weighted by molar-refractivity contribution is 5.92. The van der Waals surface area contributed by atoms with Crippen molar-refractivity contribution in [1.29, 1.82) is 0 Å². The summed E-state index contributed by atoms with van der Waals surface area (Å²) in [5, 5.41) is 6.80. The van der Waals surface area contributed by atoms with Crippen molar-refractivity contribution in [2.24, 2.45) is 11.7 Å². The summed E-state index contributed by atoms with van der Waals surface area (Å²) in [5.74, 6) is 0.0808. The molecule has 0 spiro atoms. The molecule has 0 bridgehead atoms. The Morgan fingerprint density at radius 3 is 2.79 bits per heavy atom. The third-order valence-electron chi connectivity index (χ3n) is 2.41. The fourth-order valence-corrected chi connectivity index (χ4v) is 1.28. The Bertz CT molecular complexity index is 529. The van der Waals surface area contributed by atoms with Crippen LogP contribution in [0.3, 0.4) is 0 Å². The first-order valence-electron chi connectivity index (χ1n) is 5.53. The number of nitrogens with two attached hydrogens (primary N) is 1. The van der Waals surface area contributed by atoms with Crippen LogP contribution in [0.15, 0.2) is 30.9 Å². The average Bonchev–Trinajstić information content (AvgIpc) is 2.87. The summed E-state index contributed by atoms with van der Waals surface area (Å²) in [6, 6.07) is 1.72. The molecule has 7 nitrogen and oxygen atoms in total. The fourth-order valence-electron chi connectivity index (χ4n) is 1.28. The zero-order valence-corrected chi connectivity index (χ0v) is 11.2. The lowest BCUT2D eigenvalue weighted by Crippen LogP contribution is -2.26. The molecule has 0 saturated carbocycles. The number of rotatable bonds is 4. The molecule has 0 aliphatic heterocycles. The molecule has 0 radical (unpaired) electrons. The Kier molecular flexibility index (Phi) is 5.40. The monoisotopic (exact) mass is 282 g/mol. The van der Waals surface area contributed by atoms with Gasteiger partial charge < -0.3 is 11.1 Å². The van der Waals surface area contributed by atoms with Gasteiger partial charge in [-0.15, -0.1) is 12.4 Å². The third-order valence-corrected chi connectivity index (χ3v) is 2.41. The van der Waals surface area contributed by atoms with Gasteiger partial charge in [-0.05, 0) is 6.07 Å². The second kappa shape index (κ2) is 6.81. The molecule has 3 N–H and O–H groups in total. The lowest BCUT2D eigenvalue weighted by Gasteiger charge is -2.07. The molecule has 0 saturated heterocycles. The van der Waals surface area contributed by atoms with Crippen LogP contribution in [-0.2, 0) is 4.79 Å². The van der Waals surface area contributed by atoms with Crippen LogP contribution >= 0.6 is 12.4 Å². The van der Waals surface area contributed by atoms with Gasteiger partial charge in [0.25, 0.3) is 0 Å². The molecular weight excluding hydrogens is 268 g/mol. The van der Waals surface area contributed by atoms with Gasteiger partial charge in [0.2, 0.25) is 11.9 Å². The van der Waals surface area contributed by atoms with Crippen LogP contribution in [0.1, 0.15) is 6.92 Å². The molecule has 2 aromatic heterocycles. The van der Waals surface area contributed by atoms with Gasteiger partial charge in [0.05, 0.1) is 18.1 Å². The predicted octanol–water partition coefficient (Wildman–Crippen LogP) is 0.617. The zero-order valence-electron chi connectivity index (χ0n) is 10.4. The Morgan fingerprint density at radius 1 is 1.47 bits per heavy atom. The lowest BCUT2D eigenvalue weighted by molar-refractivity contribution is -0.119. The molecule has 0 aliphatic carbocycles. The van der Waals surface area contributed by atoms with Crippen LogP contribution in [-0.4, -0.2) is 32.2 Å². The van der Waals surface area contributed by atoms with Crippen molar-refractivity contribution in [2.75, 3.05) is 11.9 Å². The molecule has 0 aliphatic rings. The molecule has 2 aromatic rings. The van der Waals surface area contributed by atoms with Crippen LogP contribution in [0.2, 0.25) is 0 Å². The minimum absolute atomic E-state index is 0. The minimum atomic E-state index is -0.235. The van der Waals surface area contributed by atoms with Crippen molar-refractivity contribution < 1.29 is 4.79 Å². The van der Waals surface area contributed by atoms with Gasteiger partial charge in [0.15, 0.2) is 0 Å². The molecule has 1 amide bonds. The minimum Gasteiger partial charge on any atom is -0.330 e. The first-order valence-corrected chi connectivity index (χ1v) is 5.53. The number of amides is 1. The second-order valence-corrected chi connectivity index (χ2v) is 3.85.